The number of benzene rings is 2. The van der Waals surface area contributed by atoms with Gasteiger partial charge in [-0.2, -0.15) is 0 Å². The Labute approximate surface area is 203 Å². The first-order chi connectivity index (χ1) is 10.00. The Morgan fingerprint density at radius 2 is 0.697 bits per heavy atom. The van der Waals surface area contributed by atoms with Crippen molar-refractivity contribution in [2.45, 2.75) is 0 Å². The Balaban J connectivity index is -0.0000000244. The molecule has 2 aromatic carbocycles. The van der Waals surface area contributed by atoms with E-state index < -0.39 is 28.3 Å². The Kier molecular flexibility index (Phi) is 60.7. The van der Waals surface area contributed by atoms with Crippen LogP contribution in [-0.4, -0.2) is 58.4 Å². The van der Waals surface area contributed by atoms with E-state index in [4.69, 9.17) is 19.7 Å². The van der Waals surface area contributed by atoms with E-state index in [0.29, 0.717) is 11.4 Å². The molecule has 0 bridgehead atoms. The van der Waals surface area contributed by atoms with Gasteiger partial charge in [-0.1, -0.05) is 0 Å². The van der Waals surface area contributed by atoms with Crippen LogP contribution in [0.5, 0.6) is 0 Å². The molecule has 0 saturated carbocycles. The third-order valence-corrected chi connectivity index (χ3v) is 6.43. The van der Waals surface area contributed by atoms with Crippen LogP contribution in [-0.2, 0) is 57.4 Å². The van der Waals surface area contributed by atoms with Gasteiger partial charge in [0.1, 0.15) is 0 Å². The summed E-state index contributed by atoms with van der Waals surface area (Å²) in [4.78, 5) is 0. The van der Waals surface area contributed by atoms with Gasteiger partial charge < -0.3 is 54.8 Å². The molecular formula is C12H40As2MnN2O16+6. The Bertz CT molecular complexity index is 662. The third-order valence-electron chi connectivity index (χ3n) is 2.44. The van der Waals surface area contributed by atoms with Crippen molar-refractivity contribution in [3.05, 3.63) is 48.5 Å². The monoisotopic (exact) mass is 673 g/mol. The molecule has 205 valence electrons. The summed E-state index contributed by atoms with van der Waals surface area (Å²) in [6.07, 6.45) is 0. The largest absolute Gasteiger partial charge is 2.00 e. The molecule has 0 aliphatic heterocycles. The molecule has 2 unspecified atom stereocenters. The van der Waals surface area contributed by atoms with Gasteiger partial charge in [-0.15, -0.1) is 0 Å². The molecule has 21 heteroatoms. The van der Waals surface area contributed by atoms with Crippen LogP contribution in [0.4, 0.5) is 11.4 Å². The predicted molar refractivity (Wildman–Crippen MR) is 122 cm³/mol. The van der Waals surface area contributed by atoms with Gasteiger partial charge >= 0.3 is 149 Å². The van der Waals surface area contributed by atoms with E-state index in [1.54, 1.807) is 0 Å². The summed E-state index contributed by atoms with van der Waals surface area (Å²) >= 11 is -9.86. The summed E-state index contributed by atoms with van der Waals surface area (Å²) in [5.41, 5.74) is 11.5. The molecule has 1 radical (unpaired) electrons. The van der Waals surface area contributed by atoms with Crippen molar-refractivity contribution in [1.29, 1.82) is 0 Å². The van der Waals surface area contributed by atoms with Crippen LogP contribution in [0.25, 0.3) is 0 Å². The quantitative estimate of drug-likeness (QED) is 0.134. The Morgan fingerprint density at radius 3 is 0.818 bits per heavy atom. The fraction of sp³-hybridized carbons (Fsp3) is 0. The first-order valence-electron chi connectivity index (χ1n) is 5.80. The summed E-state index contributed by atoms with van der Waals surface area (Å²) in [5, 5.41) is 0. The van der Waals surface area contributed by atoms with E-state index in [0.717, 1.165) is 0 Å². The maximum Gasteiger partial charge on any atom is 2.00 e. The second kappa shape index (κ2) is 28.7. The molecule has 0 aliphatic carbocycles. The zero-order valence-corrected chi connectivity index (χ0v) is 22.0. The third kappa shape index (κ3) is 26.8. The van der Waals surface area contributed by atoms with Crippen molar-refractivity contribution in [2.24, 2.45) is 0 Å². The van der Waals surface area contributed by atoms with Crippen molar-refractivity contribution in [2.75, 3.05) is 11.5 Å². The van der Waals surface area contributed by atoms with Crippen LogP contribution in [0.1, 0.15) is 0 Å². The Hall–Kier alpha value is -1.28. The van der Waals surface area contributed by atoms with Crippen LogP contribution < -0.4 is 28.4 Å². The Morgan fingerprint density at radius 1 is 0.545 bits per heavy atom. The first-order valence-corrected chi connectivity index (χ1v) is 12.4. The van der Waals surface area contributed by atoms with Crippen molar-refractivity contribution in [3.63, 3.8) is 0 Å². The minimum absolute atomic E-state index is 0. The van der Waals surface area contributed by atoms with Gasteiger partial charge in [0.15, 0.2) is 0 Å². The summed E-state index contributed by atoms with van der Waals surface area (Å²) in [5.74, 6) is 0. The van der Waals surface area contributed by atoms with Crippen molar-refractivity contribution >= 4 is 48.4 Å². The van der Waals surface area contributed by atoms with E-state index in [1.165, 1.54) is 48.5 Å². The topological polar surface area (TPSA) is 497 Å². The number of rotatable bonds is 2. The van der Waals surface area contributed by atoms with Gasteiger partial charge in [-0.25, -0.2) is 0 Å². The minimum Gasteiger partial charge on any atom is -0.457 e. The second-order valence-electron chi connectivity index (χ2n) is 4.22. The minimum atomic E-state index is -4.93. The maximum absolute atomic E-state index is 10.5. The normalized spacial score (nSPS) is 10.5. The van der Waals surface area contributed by atoms with Crippen molar-refractivity contribution in [3.8, 4) is 0 Å². The molecule has 0 aliphatic rings. The van der Waals surface area contributed by atoms with Crippen molar-refractivity contribution in [1.82, 2.24) is 0 Å². The van der Waals surface area contributed by atoms with E-state index in [-0.39, 0.29) is 80.5 Å². The van der Waals surface area contributed by atoms with E-state index in [9.17, 15) is 15.7 Å². The van der Waals surface area contributed by atoms with Gasteiger partial charge in [-0.3, -0.25) is 0 Å². The van der Waals surface area contributed by atoms with Gasteiger partial charge in [0, 0.05) is 0 Å². The number of hydrogen-bond acceptors (Lipinski definition) is 6. The summed E-state index contributed by atoms with van der Waals surface area (Å²) < 4.78 is 59.3. The average Bonchev–Trinajstić information content (AvgIpc) is 2.38. The molecule has 0 heterocycles. The molecule has 33 heavy (non-hydrogen) atoms. The molecule has 0 spiro atoms. The molecule has 0 aromatic heterocycles. The van der Waals surface area contributed by atoms with Crippen LogP contribution in [0.15, 0.2) is 48.5 Å². The van der Waals surface area contributed by atoms with E-state index >= 15 is 0 Å². The summed E-state index contributed by atoms with van der Waals surface area (Å²) in [7, 11) is 0. The van der Waals surface area contributed by atoms with Crippen molar-refractivity contribution < 1.29 is 95.7 Å². The zero-order valence-electron chi connectivity index (χ0n) is 17.0. The fourth-order valence-corrected chi connectivity index (χ4v) is 3.53. The number of anilines is 2. The van der Waals surface area contributed by atoms with Gasteiger partial charge in [-0.05, 0) is 0 Å². The van der Waals surface area contributed by atoms with Crippen LogP contribution in [0, 0.1) is 0 Å². The van der Waals surface area contributed by atoms with E-state index in [1.807, 2.05) is 0 Å². The molecule has 2 rings (SSSR count). The summed E-state index contributed by atoms with van der Waals surface area (Å²) in [6.45, 7) is 0. The van der Waals surface area contributed by atoms with Crippen LogP contribution in [0.3, 0.4) is 0 Å². The van der Waals surface area contributed by atoms with Gasteiger partial charge in [0.25, 0.3) is 0 Å². The summed E-state index contributed by atoms with van der Waals surface area (Å²) in [6, 6.07) is 10.8. The number of hydrogen-bond donors (Lipinski definition) is 4. The SMILES string of the molecule is Nc1ccc([As](=O)([O-])O)cc1.Nc1ccc([As](=O)([O-])O)cc1.O.O.O.O.[Mn+2].[OH3+].[OH3+].[OH3+].[OH3+].[OH3+].[OH3+]. The van der Waals surface area contributed by atoms with E-state index in [2.05, 4.69) is 0 Å². The molecule has 0 fully saturated rings. The predicted octanol–water partition coefficient (Wildman–Crippen LogP) is -12.4. The average molecular weight is 673 g/mol. The molecule has 2 aromatic rings. The number of nitrogens with two attached hydrogens (primary N) is 2. The first kappa shape index (κ1) is 69.7. The molecular weight excluding hydrogens is 633 g/mol. The zero-order chi connectivity index (χ0) is 17.0. The van der Waals surface area contributed by atoms with Crippen LogP contribution >= 0.6 is 0 Å². The second-order valence-corrected chi connectivity index (χ2v) is 10.8. The molecule has 0 saturated heterocycles. The molecule has 32 N–H and O–H groups in total. The smallest absolute Gasteiger partial charge is 0.457 e. The number of nitrogen functional groups attached to an aromatic ring is 2. The molecule has 0 amide bonds. The fourth-order valence-electron chi connectivity index (χ4n) is 1.33. The standard InChI is InChI=1S/2C6H8AsNO3.Mn.10H2O/c2*8-6-3-1-5(2-4-6)7(9,10)11;;;;;;;;;;;/h2*1-4H,8H2,(H2,9,10,11);;10*1H2/q;;+2;;;;;;;;;;/p+4. The molecule has 2 atom stereocenters. The van der Waals surface area contributed by atoms with Crippen LogP contribution in [0.2, 0.25) is 0 Å². The maximum atomic E-state index is 10.5. The van der Waals surface area contributed by atoms with Gasteiger partial charge in [0.2, 0.25) is 0 Å². The van der Waals surface area contributed by atoms with Gasteiger partial charge in [0.05, 0.1) is 0 Å². The molecule has 18 nitrogen and oxygen atoms in total.